The van der Waals surface area contributed by atoms with E-state index in [1.54, 1.807) is 4.90 Å². The quantitative estimate of drug-likeness (QED) is 0.752. The fraction of sp³-hybridized carbons (Fsp3) is 0.833. The lowest BCUT2D eigenvalue weighted by Gasteiger charge is -2.33. The molecular formula is C12H21N2O4-. The summed E-state index contributed by atoms with van der Waals surface area (Å²) < 4.78 is 5.27. The smallest absolute Gasteiger partial charge is 0.410 e. The van der Waals surface area contributed by atoms with E-state index in [9.17, 15) is 14.7 Å². The first-order valence-corrected chi connectivity index (χ1v) is 6.19. The molecule has 1 N–H and O–H groups in total. The Morgan fingerprint density at radius 2 is 1.89 bits per heavy atom. The van der Waals surface area contributed by atoms with Crippen LogP contribution in [0.1, 0.15) is 33.6 Å². The minimum atomic E-state index is -1.11. The zero-order chi connectivity index (χ0) is 13.8. The number of carboxylic acid groups (broad SMARTS) is 1. The van der Waals surface area contributed by atoms with Gasteiger partial charge in [0.1, 0.15) is 5.60 Å². The van der Waals surface area contributed by atoms with Crippen LogP contribution in [0, 0.1) is 0 Å². The molecule has 0 unspecified atom stereocenters. The molecule has 0 aromatic rings. The third-order valence-electron chi connectivity index (χ3n) is 2.68. The molecule has 1 fully saturated rings. The van der Waals surface area contributed by atoms with E-state index in [0.717, 1.165) is 12.8 Å². The van der Waals surface area contributed by atoms with E-state index in [-0.39, 0.29) is 18.7 Å². The van der Waals surface area contributed by atoms with E-state index < -0.39 is 11.6 Å². The summed E-state index contributed by atoms with van der Waals surface area (Å²) in [5.41, 5.74) is -0.485. The average Bonchev–Trinajstić information content (AvgIpc) is 2.24. The Bertz CT molecular complexity index is 304. The number of piperidine rings is 1. The van der Waals surface area contributed by atoms with E-state index >= 15 is 0 Å². The summed E-state index contributed by atoms with van der Waals surface area (Å²) >= 11 is 0. The van der Waals surface area contributed by atoms with Crippen molar-refractivity contribution in [3.05, 3.63) is 0 Å². The molecule has 0 aliphatic carbocycles. The zero-order valence-electron chi connectivity index (χ0n) is 11.2. The Kier molecular flexibility index (Phi) is 4.95. The van der Waals surface area contributed by atoms with Crippen molar-refractivity contribution in [3.63, 3.8) is 0 Å². The first-order valence-electron chi connectivity index (χ1n) is 6.19. The van der Waals surface area contributed by atoms with Gasteiger partial charge in [-0.1, -0.05) is 0 Å². The molecule has 1 aliphatic rings. The first-order chi connectivity index (χ1) is 8.28. The van der Waals surface area contributed by atoms with Crippen LogP contribution >= 0.6 is 0 Å². The molecule has 0 saturated carbocycles. The predicted octanol–water partition coefficient (Wildman–Crippen LogP) is -0.275. The van der Waals surface area contributed by atoms with Gasteiger partial charge in [-0.15, -0.1) is 0 Å². The Hall–Kier alpha value is -1.30. The third-order valence-corrected chi connectivity index (χ3v) is 2.68. The van der Waals surface area contributed by atoms with Crippen LogP contribution in [0.25, 0.3) is 0 Å². The Balaban J connectivity index is 2.30. The van der Waals surface area contributed by atoms with Gasteiger partial charge in [-0.2, -0.15) is 0 Å². The van der Waals surface area contributed by atoms with Gasteiger partial charge in [-0.05, 0) is 33.6 Å². The van der Waals surface area contributed by atoms with Gasteiger partial charge in [0, 0.05) is 25.7 Å². The standard InChI is InChI=1S/C12H22N2O4/c1-12(2,3)18-11(17)14-6-4-9(5-7-14)13-8-10(15)16/h9,13H,4-8H2,1-3H3,(H,15,16)/p-1. The van der Waals surface area contributed by atoms with Crippen molar-refractivity contribution in [2.24, 2.45) is 0 Å². The summed E-state index contributed by atoms with van der Waals surface area (Å²) in [5.74, 6) is -1.11. The molecule has 1 saturated heterocycles. The number of carbonyl (C=O) groups excluding carboxylic acids is 2. The second-order valence-electron chi connectivity index (χ2n) is 5.49. The van der Waals surface area contributed by atoms with Crippen molar-refractivity contribution >= 4 is 12.1 Å². The summed E-state index contributed by atoms with van der Waals surface area (Å²) in [7, 11) is 0. The van der Waals surface area contributed by atoms with Crippen molar-refractivity contribution in [2.45, 2.75) is 45.3 Å². The predicted molar refractivity (Wildman–Crippen MR) is 63.8 cm³/mol. The molecular weight excluding hydrogens is 236 g/mol. The number of likely N-dealkylation sites (tertiary alicyclic amines) is 1. The highest BCUT2D eigenvalue weighted by Gasteiger charge is 2.26. The molecule has 1 rings (SSSR count). The minimum Gasteiger partial charge on any atom is -0.549 e. The molecule has 1 amide bonds. The van der Waals surface area contributed by atoms with E-state index in [2.05, 4.69) is 5.32 Å². The second-order valence-corrected chi connectivity index (χ2v) is 5.49. The topological polar surface area (TPSA) is 81.7 Å². The van der Waals surface area contributed by atoms with Crippen LogP contribution in [0.4, 0.5) is 4.79 Å². The van der Waals surface area contributed by atoms with Crippen molar-refractivity contribution in [2.75, 3.05) is 19.6 Å². The molecule has 6 heteroatoms. The summed E-state index contributed by atoms with van der Waals surface area (Å²) in [4.78, 5) is 23.7. The highest BCUT2D eigenvalue weighted by molar-refractivity contribution is 5.68. The number of nitrogens with zero attached hydrogens (tertiary/aromatic N) is 1. The van der Waals surface area contributed by atoms with E-state index in [0.29, 0.717) is 13.1 Å². The Labute approximate surface area is 107 Å². The number of carbonyl (C=O) groups is 2. The van der Waals surface area contributed by atoms with Crippen LogP contribution in [0.5, 0.6) is 0 Å². The second kappa shape index (κ2) is 6.04. The van der Waals surface area contributed by atoms with Crippen LogP contribution in [0.2, 0.25) is 0 Å². The van der Waals surface area contributed by atoms with Crippen molar-refractivity contribution in [1.29, 1.82) is 0 Å². The zero-order valence-corrected chi connectivity index (χ0v) is 11.2. The number of hydrogen-bond donors (Lipinski definition) is 1. The lowest BCUT2D eigenvalue weighted by molar-refractivity contribution is -0.304. The number of nitrogens with one attached hydrogen (secondary N) is 1. The van der Waals surface area contributed by atoms with Crippen LogP contribution in [0.15, 0.2) is 0 Å². The third kappa shape index (κ3) is 5.35. The molecule has 0 radical (unpaired) electrons. The normalized spacial score (nSPS) is 17.6. The maximum absolute atomic E-state index is 11.8. The van der Waals surface area contributed by atoms with Gasteiger partial charge in [-0.25, -0.2) is 4.79 Å². The summed E-state index contributed by atoms with van der Waals surface area (Å²) in [5, 5.41) is 13.2. The molecule has 6 nitrogen and oxygen atoms in total. The number of rotatable bonds is 3. The van der Waals surface area contributed by atoms with Gasteiger partial charge >= 0.3 is 6.09 Å². The highest BCUT2D eigenvalue weighted by atomic mass is 16.6. The van der Waals surface area contributed by atoms with Crippen molar-refractivity contribution in [3.8, 4) is 0 Å². The monoisotopic (exact) mass is 257 g/mol. The van der Waals surface area contributed by atoms with E-state index in [1.807, 2.05) is 20.8 Å². The van der Waals surface area contributed by atoms with Gasteiger partial charge in [-0.3, -0.25) is 0 Å². The van der Waals surface area contributed by atoms with E-state index in [4.69, 9.17) is 4.74 Å². The highest BCUT2D eigenvalue weighted by Crippen LogP contribution is 2.15. The van der Waals surface area contributed by atoms with Crippen LogP contribution in [-0.2, 0) is 9.53 Å². The van der Waals surface area contributed by atoms with Gasteiger partial charge in [0.05, 0.1) is 5.97 Å². The molecule has 1 heterocycles. The molecule has 18 heavy (non-hydrogen) atoms. The first kappa shape index (κ1) is 14.8. The molecule has 0 bridgehead atoms. The molecule has 104 valence electrons. The number of hydrogen-bond acceptors (Lipinski definition) is 5. The van der Waals surface area contributed by atoms with Gasteiger partial charge < -0.3 is 24.9 Å². The molecule has 1 aliphatic heterocycles. The van der Waals surface area contributed by atoms with Gasteiger partial charge in [0.2, 0.25) is 0 Å². The Morgan fingerprint density at radius 3 is 2.33 bits per heavy atom. The summed E-state index contributed by atoms with van der Waals surface area (Å²) in [6.45, 7) is 6.52. The van der Waals surface area contributed by atoms with Crippen LogP contribution < -0.4 is 10.4 Å². The maximum atomic E-state index is 11.8. The van der Waals surface area contributed by atoms with Crippen LogP contribution in [-0.4, -0.2) is 48.2 Å². The number of amides is 1. The SMILES string of the molecule is CC(C)(C)OC(=O)N1CCC(NCC(=O)[O-])CC1. The molecule has 0 spiro atoms. The van der Waals surface area contributed by atoms with Crippen molar-refractivity contribution in [1.82, 2.24) is 10.2 Å². The van der Waals surface area contributed by atoms with Crippen molar-refractivity contribution < 1.29 is 19.4 Å². The van der Waals surface area contributed by atoms with E-state index in [1.165, 1.54) is 0 Å². The molecule has 0 aromatic heterocycles. The number of ether oxygens (including phenoxy) is 1. The maximum Gasteiger partial charge on any atom is 0.410 e. The Morgan fingerprint density at radius 1 is 1.33 bits per heavy atom. The number of carboxylic acids is 1. The summed E-state index contributed by atoms with van der Waals surface area (Å²) in [6.07, 6.45) is 1.15. The lowest BCUT2D eigenvalue weighted by Crippen LogP contribution is -2.48. The summed E-state index contributed by atoms with van der Waals surface area (Å²) in [6, 6.07) is 0.126. The number of aliphatic carboxylic acids is 1. The molecule has 0 atom stereocenters. The van der Waals surface area contributed by atoms with Crippen LogP contribution in [0.3, 0.4) is 0 Å². The van der Waals surface area contributed by atoms with Gasteiger partial charge in [0.15, 0.2) is 0 Å². The molecule has 0 aromatic carbocycles. The minimum absolute atomic E-state index is 0.126. The fourth-order valence-electron chi connectivity index (χ4n) is 1.82. The average molecular weight is 257 g/mol. The van der Waals surface area contributed by atoms with Gasteiger partial charge in [0.25, 0.3) is 0 Å². The fourth-order valence-corrected chi connectivity index (χ4v) is 1.82. The largest absolute Gasteiger partial charge is 0.549 e. The lowest BCUT2D eigenvalue weighted by atomic mass is 10.1.